The molecule has 0 bridgehead atoms. The summed E-state index contributed by atoms with van der Waals surface area (Å²) in [5, 5.41) is 0. The number of fused-ring (bicyclic) bond motifs is 1. The van der Waals surface area contributed by atoms with E-state index in [0.717, 1.165) is 16.6 Å². The normalized spacial score (nSPS) is 10.7. The molecule has 0 unspecified atom stereocenters. The van der Waals surface area contributed by atoms with Crippen molar-refractivity contribution in [3.8, 4) is 28.4 Å². The van der Waals surface area contributed by atoms with Crippen molar-refractivity contribution in [1.82, 2.24) is 4.40 Å². The molecule has 2 aromatic heterocycles. The number of methoxy groups -OCH3 is 3. The Kier molecular flexibility index (Phi) is 4.96. The SMILES string of the molecule is COc1cc(C(=O)c2c(-c3ccccc3)cc3ccccn23)cc(OC)c1OC. The van der Waals surface area contributed by atoms with Gasteiger partial charge in [0.2, 0.25) is 11.5 Å². The number of hydrogen-bond acceptors (Lipinski definition) is 4. The number of hydrogen-bond donors (Lipinski definition) is 0. The predicted molar refractivity (Wildman–Crippen MR) is 112 cm³/mol. The van der Waals surface area contributed by atoms with Gasteiger partial charge >= 0.3 is 0 Å². The van der Waals surface area contributed by atoms with Crippen LogP contribution in [0.5, 0.6) is 17.2 Å². The number of carbonyl (C=O) groups is 1. The highest BCUT2D eigenvalue weighted by molar-refractivity contribution is 6.13. The number of ether oxygens (including phenoxy) is 3. The van der Waals surface area contributed by atoms with Gasteiger partial charge < -0.3 is 18.6 Å². The Morgan fingerprint density at radius 2 is 1.45 bits per heavy atom. The first-order valence-electron chi connectivity index (χ1n) is 9.18. The van der Waals surface area contributed by atoms with Crippen LogP contribution in [-0.4, -0.2) is 31.5 Å². The fourth-order valence-electron chi connectivity index (χ4n) is 3.54. The van der Waals surface area contributed by atoms with E-state index in [0.29, 0.717) is 28.5 Å². The Bertz CT molecular complexity index is 1150. The fourth-order valence-corrected chi connectivity index (χ4v) is 3.54. The van der Waals surface area contributed by atoms with Crippen LogP contribution in [0, 0.1) is 0 Å². The summed E-state index contributed by atoms with van der Waals surface area (Å²) in [5.74, 6) is 1.21. The minimum atomic E-state index is -0.130. The average molecular weight is 387 g/mol. The van der Waals surface area contributed by atoms with Crippen molar-refractivity contribution in [2.45, 2.75) is 0 Å². The number of ketones is 1. The molecule has 5 heteroatoms. The molecular weight excluding hydrogens is 366 g/mol. The van der Waals surface area contributed by atoms with E-state index in [2.05, 4.69) is 0 Å². The molecular formula is C24H21NO4. The molecule has 5 nitrogen and oxygen atoms in total. The number of aromatic nitrogens is 1. The molecule has 4 rings (SSSR count). The molecule has 2 heterocycles. The smallest absolute Gasteiger partial charge is 0.210 e. The van der Waals surface area contributed by atoms with E-state index in [1.807, 2.05) is 65.2 Å². The molecule has 4 aromatic rings. The maximum Gasteiger partial charge on any atom is 0.210 e. The Morgan fingerprint density at radius 3 is 2.07 bits per heavy atom. The highest BCUT2D eigenvalue weighted by Crippen LogP contribution is 2.39. The third-order valence-corrected chi connectivity index (χ3v) is 4.91. The highest BCUT2D eigenvalue weighted by Gasteiger charge is 2.23. The summed E-state index contributed by atoms with van der Waals surface area (Å²) in [6.07, 6.45) is 1.90. The molecule has 0 atom stereocenters. The molecule has 0 aliphatic carbocycles. The summed E-state index contributed by atoms with van der Waals surface area (Å²) in [6, 6.07) is 21.1. The largest absolute Gasteiger partial charge is 0.493 e. The number of benzene rings is 2. The van der Waals surface area contributed by atoms with Gasteiger partial charge in [-0.15, -0.1) is 0 Å². The lowest BCUT2D eigenvalue weighted by Gasteiger charge is -2.14. The molecule has 29 heavy (non-hydrogen) atoms. The molecule has 2 aromatic carbocycles. The molecule has 0 radical (unpaired) electrons. The van der Waals surface area contributed by atoms with Crippen LogP contribution < -0.4 is 14.2 Å². The first-order valence-corrected chi connectivity index (χ1v) is 9.18. The predicted octanol–water partition coefficient (Wildman–Crippen LogP) is 4.86. The summed E-state index contributed by atoms with van der Waals surface area (Å²) in [4.78, 5) is 13.7. The molecule has 0 aliphatic rings. The van der Waals surface area contributed by atoms with E-state index in [9.17, 15) is 4.79 Å². The van der Waals surface area contributed by atoms with Gasteiger partial charge in [-0.05, 0) is 35.9 Å². The van der Waals surface area contributed by atoms with Gasteiger partial charge in [0.1, 0.15) is 5.69 Å². The van der Waals surface area contributed by atoms with Gasteiger partial charge in [0.15, 0.2) is 11.5 Å². The molecule has 0 amide bonds. The molecule has 0 spiro atoms. The summed E-state index contributed by atoms with van der Waals surface area (Å²) in [6.45, 7) is 0. The van der Waals surface area contributed by atoms with Crippen molar-refractivity contribution in [1.29, 1.82) is 0 Å². The second-order valence-corrected chi connectivity index (χ2v) is 6.51. The number of rotatable bonds is 6. The summed E-state index contributed by atoms with van der Waals surface area (Å²) >= 11 is 0. The van der Waals surface area contributed by atoms with Crippen LogP contribution in [0.15, 0.2) is 72.9 Å². The van der Waals surface area contributed by atoms with E-state index < -0.39 is 0 Å². The minimum Gasteiger partial charge on any atom is -0.493 e. The van der Waals surface area contributed by atoms with E-state index in [4.69, 9.17) is 14.2 Å². The molecule has 0 aliphatic heterocycles. The van der Waals surface area contributed by atoms with Crippen molar-refractivity contribution >= 4 is 11.3 Å². The van der Waals surface area contributed by atoms with E-state index in [1.165, 1.54) is 21.3 Å². The maximum atomic E-state index is 13.7. The van der Waals surface area contributed by atoms with Gasteiger partial charge in [0, 0.05) is 22.8 Å². The van der Waals surface area contributed by atoms with Crippen molar-refractivity contribution in [3.63, 3.8) is 0 Å². The zero-order chi connectivity index (χ0) is 20.4. The molecule has 146 valence electrons. The molecule has 0 N–H and O–H groups in total. The zero-order valence-corrected chi connectivity index (χ0v) is 16.5. The minimum absolute atomic E-state index is 0.130. The second-order valence-electron chi connectivity index (χ2n) is 6.51. The van der Waals surface area contributed by atoms with E-state index >= 15 is 0 Å². The fraction of sp³-hybridized carbons (Fsp3) is 0.125. The van der Waals surface area contributed by atoms with Gasteiger partial charge in [0.25, 0.3) is 0 Å². The Labute approximate surface area is 169 Å². The third-order valence-electron chi connectivity index (χ3n) is 4.91. The van der Waals surface area contributed by atoms with Gasteiger partial charge in [-0.25, -0.2) is 0 Å². The first kappa shape index (κ1) is 18.6. The number of nitrogens with zero attached hydrogens (tertiary/aromatic N) is 1. The Balaban J connectivity index is 1.95. The average Bonchev–Trinajstić information content (AvgIpc) is 3.17. The number of carbonyl (C=O) groups excluding carboxylic acids is 1. The Hall–Kier alpha value is -3.73. The number of pyridine rings is 1. The molecule has 0 fully saturated rings. The van der Waals surface area contributed by atoms with Crippen LogP contribution >= 0.6 is 0 Å². The Morgan fingerprint density at radius 1 is 0.793 bits per heavy atom. The van der Waals surface area contributed by atoms with Gasteiger partial charge in [-0.3, -0.25) is 4.79 Å². The van der Waals surface area contributed by atoms with Crippen molar-refractivity contribution < 1.29 is 19.0 Å². The van der Waals surface area contributed by atoms with Gasteiger partial charge in [0.05, 0.1) is 21.3 Å². The quantitative estimate of drug-likeness (QED) is 0.443. The topological polar surface area (TPSA) is 49.2 Å². The van der Waals surface area contributed by atoms with Crippen molar-refractivity contribution in [3.05, 3.63) is 84.2 Å². The van der Waals surface area contributed by atoms with Crippen LogP contribution in [0.1, 0.15) is 16.1 Å². The van der Waals surface area contributed by atoms with Crippen LogP contribution in [0.4, 0.5) is 0 Å². The third kappa shape index (κ3) is 3.21. The van der Waals surface area contributed by atoms with Crippen LogP contribution in [0.2, 0.25) is 0 Å². The summed E-state index contributed by atoms with van der Waals surface area (Å²) < 4.78 is 18.1. The standard InChI is InChI=1S/C24H21NO4/c1-27-20-13-17(14-21(28-2)24(20)29-3)23(26)22-19(16-9-5-4-6-10-16)15-18-11-7-8-12-25(18)22/h4-15H,1-3H3. The van der Waals surface area contributed by atoms with E-state index in [1.54, 1.807) is 12.1 Å². The second kappa shape index (κ2) is 7.72. The van der Waals surface area contributed by atoms with Crippen LogP contribution in [0.3, 0.4) is 0 Å². The van der Waals surface area contributed by atoms with E-state index in [-0.39, 0.29) is 5.78 Å². The lowest BCUT2D eigenvalue weighted by molar-refractivity contribution is 0.103. The lowest BCUT2D eigenvalue weighted by atomic mass is 9.99. The van der Waals surface area contributed by atoms with Gasteiger partial charge in [-0.1, -0.05) is 36.4 Å². The monoisotopic (exact) mass is 387 g/mol. The lowest BCUT2D eigenvalue weighted by Crippen LogP contribution is -2.08. The van der Waals surface area contributed by atoms with Crippen molar-refractivity contribution in [2.24, 2.45) is 0 Å². The zero-order valence-electron chi connectivity index (χ0n) is 16.5. The van der Waals surface area contributed by atoms with Gasteiger partial charge in [-0.2, -0.15) is 0 Å². The van der Waals surface area contributed by atoms with Crippen molar-refractivity contribution in [2.75, 3.05) is 21.3 Å². The highest BCUT2D eigenvalue weighted by atomic mass is 16.5. The summed E-state index contributed by atoms with van der Waals surface area (Å²) in [7, 11) is 4.61. The molecule has 0 saturated heterocycles. The van der Waals surface area contributed by atoms with Crippen LogP contribution in [-0.2, 0) is 0 Å². The maximum absolute atomic E-state index is 13.7. The van der Waals surface area contributed by atoms with Crippen LogP contribution in [0.25, 0.3) is 16.6 Å². The summed E-state index contributed by atoms with van der Waals surface area (Å²) in [5.41, 5.74) is 3.84. The first-order chi connectivity index (χ1) is 14.2. The molecule has 0 saturated carbocycles.